The fourth-order valence-corrected chi connectivity index (χ4v) is 4.13. The van der Waals surface area contributed by atoms with Gasteiger partial charge in [0.15, 0.2) is 0 Å². The second kappa shape index (κ2) is 11.1. The van der Waals surface area contributed by atoms with Crippen molar-refractivity contribution in [3.8, 4) is 11.1 Å². The average molecular weight is 475 g/mol. The lowest BCUT2D eigenvalue weighted by Crippen LogP contribution is -2.54. The summed E-state index contributed by atoms with van der Waals surface area (Å²) >= 11 is 0. The molecule has 0 fully saturated rings. The number of alkyl carbamates (subject to hydrolysis) is 1. The molecule has 0 spiro atoms. The van der Waals surface area contributed by atoms with E-state index in [-0.39, 0.29) is 12.5 Å². The Hall–Kier alpha value is -3.49. The molecule has 1 aliphatic rings. The number of halogens is 2. The summed E-state index contributed by atoms with van der Waals surface area (Å²) in [6.45, 7) is 3.50. The van der Waals surface area contributed by atoms with Crippen LogP contribution in [0.4, 0.5) is 13.6 Å². The molecule has 2 unspecified atom stereocenters. The normalized spacial score (nSPS) is 15.1. The lowest BCUT2D eigenvalue weighted by molar-refractivity contribution is -0.139. The topological polar surface area (TPSA) is 105 Å². The number of carbonyl (C=O) groups is 3. The molecule has 2 aromatic carbocycles. The molecule has 0 saturated carbocycles. The number of amides is 2. The number of nitrogens with one attached hydrogen (secondary N) is 2. The van der Waals surface area contributed by atoms with Crippen LogP contribution >= 0.6 is 0 Å². The minimum atomic E-state index is -3.06. The highest BCUT2D eigenvalue weighted by atomic mass is 19.3. The smallest absolute Gasteiger partial charge is 0.407 e. The Morgan fingerprint density at radius 1 is 1.00 bits per heavy atom. The van der Waals surface area contributed by atoms with Crippen LogP contribution in [-0.4, -0.2) is 48.2 Å². The Balaban J connectivity index is 1.68. The molecule has 3 N–H and O–H groups in total. The molecule has 2 amide bonds. The first-order valence-electron chi connectivity index (χ1n) is 11.1. The molecule has 2 aromatic rings. The van der Waals surface area contributed by atoms with Gasteiger partial charge in [-0.05, 0) is 28.2 Å². The van der Waals surface area contributed by atoms with E-state index in [1.807, 2.05) is 48.5 Å². The molecular weight excluding hydrogens is 446 g/mol. The number of ether oxygens (including phenoxy) is 1. The standard InChI is InChI=1S/C25H28F2N2O5/c1-3-14(2)22(24(32)28-20(23(26)27)12-21(30)31)29-25(33)34-13-19-17-10-6-4-8-15(17)16-9-5-7-11-18(16)19/h4-11,14,19-20,22-23H,3,12-13H2,1-2H3,(H,28,32)(H,29,33)(H,30,31)/t14?,20?,22-/m0/s1. The SMILES string of the molecule is CCC(C)[C@H](NC(=O)OCC1c2ccccc2-c2ccccc21)C(=O)NC(CC(=O)O)C(F)F. The molecule has 3 atom stereocenters. The summed E-state index contributed by atoms with van der Waals surface area (Å²) in [5, 5.41) is 13.3. The van der Waals surface area contributed by atoms with E-state index in [1.54, 1.807) is 13.8 Å². The fraction of sp³-hybridized carbons (Fsp3) is 0.400. The first-order chi connectivity index (χ1) is 16.2. The summed E-state index contributed by atoms with van der Waals surface area (Å²) in [5.41, 5.74) is 4.20. The van der Waals surface area contributed by atoms with Crippen LogP contribution in [0, 0.1) is 5.92 Å². The van der Waals surface area contributed by atoms with E-state index in [4.69, 9.17) is 9.84 Å². The van der Waals surface area contributed by atoms with E-state index in [0.29, 0.717) is 6.42 Å². The quantitative estimate of drug-likeness (QED) is 0.480. The third kappa shape index (κ3) is 5.70. The number of benzene rings is 2. The Kier molecular flexibility index (Phi) is 8.20. The second-order valence-electron chi connectivity index (χ2n) is 8.38. The van der Waals surface area contributed by atoms with Gasteiger partial charge in [-0.1, -0.05) is 68.8 Å². The van der Waals surface area contributed by atoms with Crippen LogP contribution < -0.4 is 10.6 Å². The minimum absolute atomic E-state index is 0.0351. The van der Waals surface area contributed by atoms with Crippen molar-refractivity contribution < 1.29 is 33.0 Å². The zero-order valence-corrected chi connectivity index (χ0v) is 19.0. The van der Waals surface area contributed by atoms with E-state index in [0.717, 1.165) is 22.3 Å². The van der Waals surface area contributed by atoms with Gasteiger partial charge in [0, 0.05) is 5.92 Å². The van der Waals surface area contributed by atoms with Gasteiger partial charge >= 0.3 is 12.1 Å². The maximum atomic E-state index is 13.2. The molecule has 0 saturated heterocycles. The van der Waals surface area contributed by atoms with E-state index >= 15 is 0 Å². The summed E-state index contributed by atoms with van der Waals surface area (Å²) in [6, 6.07) is 12.7. The van der Waals surface area contributed by atoms with E-state index in [2.05, 4.69) is 10.6 Å². The summed E-state index contributed by atoms with van der Waals surface area (Å²) in [6.07, 6.45) is -4.37. The van der Waals surface area contributed by atoms with Crippen LogP contribution in [0.25, 0.3) is 11.1 Å². The van der Waals surface area contributed by atoms with Crippen molar-refractivity contribution in [2.24, 2.45) is 5.92 Å². The molecule has 182 valence electrons. The van der Waals surface area contributed by atoms with E-state index in [9.17, 15) is 23.2 Å². The molecule has 7 nitrogen and oxygen atoms in total. The number of fused-ring (bicyclic) bond motifs is 3. The van der Waals surface area contributed by atoms with Crippen molar-refractivity contribution >= 4 is 18.0 Å². The number of carboxylic acid groups (broad SMARTS) is 1. The van der Waals surface area contributed by atoms with Gasteiger partial charge in [-0.15, -0.1) is 0 Å². The molecule has 0 aromatic heterocycles. The van der Waals surface area contributed by atoms with Crippen LogP contribution in [0.3, 0.4) is 0 Å². The van der Waals surface area contributed by atoms with Crippen molar-refractivity contribution in [3.63, 3.8) is 0 Å². The molecule has 3 rings (SSSR count). The van der Waals surface area contributed by atoms with Crippen molar-refractivity contribution in [2.75, 3.05) is 6.61 Å². The number of carbonyl (C=O) groups excluding carboxylic acids is 2. The van der Waals surface area contributed by atoms with Gasteiger partial charge in [0.25, 0.3) is 6.43 Å². The number of hydrogen-bond donors (Lipinski definition) is 3. The minimum Gasteiger partial charge on any atom is -0.481 e. The maximum Gasteiger partial charge on any atom is 0.407 e. The highest BCUT2D eigenvalue weighted by Crippen LogP contribution is 2.44. The molecule has 0 aliphatic heterocycles. The Labute approximate surface area is 196 Å². The maximum absolute atomic E-state index is 13.2. The van der Waals surface area contributed by atoms with E-state index < -0.39 is 48.8 Å². The van der Waals surface area contributed by atoms with Gasteiger partial charge in [-0.25, -0.2) is 13.6 Å². The highest BCUT2D eigenvalue weighted by Gasteiger charge is 2.33. The molecule has 0 bridgehead atoms. The zero-order valence-electron chi connectivity index (χ0n) is 19.0. The summed E-state index contributed by atoms with van der Waals surface area (Å²) in [4.78, 5) is 36.1. The monoisotopic (exact) mass is 474 g/mol. The van der Waals surface area contributed by atoms with Crippen LogP contribution in [0.1, 0.15) is 43.7 Å². The molecule has 0 heterocycles. The van der Waals surface area contributed by atoms with Crippen molar-refractivity contribution in [1.29, 1.82) is 0 Å². The Morgan fingerprint density at radius 2 is 1.56 bits per heavy atom. The molecule has 34 heavy (non-hydrogen) atoms. The summed E-state index contributed by atoms with van der Waals surface area (Å²) in [5.74, 6) is -2.92. The highest BCUT2D eigenvalue weighted by molar-refractivity contribution is 5.86. The predicted octanol–water partition coefficient (Wildman–Crippen LogP) is 4.16. The number of carboxylic acids is 1. The lowest BCUT2D eigenvalue weighted by Gasteiger charge is -2.26. The zero-order chi connectivity index (χ0) is 24.8. The molecule has 0 radical (unpaired) electrons. The largest absolute Gasteiger partial charge is 0.481 e. The third-order valence-corrected chi connectivity index (χ3v) is 6.14. The van der Waals surface area contributed by atoms with Gasteiger partial charge in [-0.2, -0.15) is 0 Å². The third-order valence-electron chi connectivity index (χ3n) is 6.14. The van der Waals surface area contributed by atoms with Crippen LogP contribution in [0.15, 0.2) is 48.5 Å². The van der Waals surface area contributed by atoms with Gasteiger partial charge in [0.1, 0.15) is 18.7 Å². The summed E-state index contributed by atoms with van der Waals surface area (Å²) in [7, 11) is 0. The predicted molar refractivity (Wildman–Crippen MR) is 122 cm³/mol. The lowest BCUT2D eigenvalue weighted by atomic mass is 9.97. The number of alkyl halides is 2. The van der Waals surface area contributed by atoms with Gasteiger partial charge in [-0.3, -0.25) is 9.59 Å². The van der Waals surface area contributed by atoms with Gasteiger partial charge < -0.3 is 20.5 Å². The first-order valence-corrected chi connectivity index (χ1v) is 11.1. The van der Waals surface area contributed by atoms with Crippen LogP contribution in [0.5, 0.6) is 0 Å². The Bertz CT molecular complexity index is 1000. The molecule has 9 heteroatoms. The first kappa shape index (κ1) is 25.1. The fourth-order valence-electron chi connectivity index (χ4n) is 4.13. The van der Waals surface area contributed by atoms with Gasteiger partial charge in [0.05, 0.1) is 6.42 Å². The average Bonchev–Trinajstić information content (AvgIpc) is 3.13. The molecule has 1 aliphatic carbocycles. The number of hydrogen-bond acceptors (Lipinski definition) is 4. The van der Waals surface area contributed by atoms with Crippen molar-refractivity contribution in [1.82, 2.24) is 10.6 Å². The van der Waals surface area contributed by atoms with E-state index in [1.165, 1.54) is 0 Å². The van der Waals surface area contributed by atoms with Crippen LogP contribution in [-0.2, 0) is 14.3 Å². The van der Waals surface area contributed by atoms with Crippen molar-refractivity contribution in [3.05, 3.63) is 59.7 Å². The number of aliphatic carboxylic acids is 1. The molecular formula is C25H28F2N2O5. The van der Waals surface area contributed by atoms with Gasteiger partial charge in [0.2, 0.25) is 5.91 Å². The second-order valence-corrected chi connectivity index (χ2v) is 8.38. The summed E-state index contributed by atoms with van der Waals surface area (Å²) < 4.78 is 31.8. The number of rotatable bonds is 10. The van der Waals surface area contributed by atoms with Crippen molar-refractivity contribution in [2.45, 2.75) is 51.1 Å². The Morgan fingerprint density at radius 3 is 2.06 bits per heavy atom. The van der Waals surface area contributed by atoms with Crippen LogP contribution in [0.2, 0.25) is 0 Å².